The van der Waals surface area contributed by atoms with Crippen LogP contribution >= 0.6 is 0 Å². The second-order valence-electron chi connectivity index (χ2n) is 6.47. The lowest BCUT2D eigenvalue weighted by molar-refractivity contribution is 1.50. The number of fused-ring (bicyclic) bond motifs is 3. The summed E-state index contributed by atoms with van der Waals surface area (Å²) >= 11 is 0. The lowest BCUT2D eigenvalue weighted by Crippen LogP contribution is -2.17. The molecule has 0 saturated heterocycles. The van der Waals surface area contributed by atoms with E-state index in [1.807, 2.05) is 0 Å². The van der Waals surface area contributed by atoms with Crippen molar-refractivity contribution >= 4 is 13.6 Å². The van der Waals surface area contributed by atoms with Crippen LogP contribution in [0.4, 0.5) is 0 Å². The Bertz CT molecular complexity index is 597. The SMILES string of the molecule is C[Si](C)(C)CC=C1c2ccccc2-c2ccccc21. The van der Waals surface area contributed by atoms with Gasteiger partial charge in [-0.25, -0.2) is 0 Å². The fourth-order valence-electron chi connectivity index (χ4n) is 2.68. The fourth-order valence-corrected chi connectivity index (χ4v) is 3.50. The topological polar surface area (TPSA) is 0 Å². The van der Waals surface area contributed by atoms with Crippen LogP contribution in [0.5, 0.6) is 0 Å². The van der Waals surface area contributed by atoms with Crippen LogP contribution in [-0.4, -0.2) is 8.07 Å². The third-order valence-corrected chi connectivity index (χ3v) is 5.07. The van der Waals surface area contributed by atoms with Crippen LogP contribution in [0, 0.1) is 0 Å². The summed E-state index contributed by atoms with van der Waals surface area (Å²) in [6, 6.07) is 18.8. The first kappa shape index (κ1) is 12.4. The molecular weight excluding hydrogens is 244 g/mol. The Morgan fingerprint density at radius 2 is 1.16 bits per heavy atom. The van der Waals surface area contributed by atoms with Crippen LogP contribution in [0.1, 0.15) is 11.1 Å². The molecule has 0 bridgehead atoms. The number of allylic oxidation sites excluding steroid dienone is 1. The maximum absolute atomic E-state index is 2.47. The average Bonchev–Trinajstić information content (AvgIpc) is 2.70. The molecule has 1 aliphatic rings. The summed E-state index contributed by atoms with van der Waals surface area (Å²) in [5, 5.41) is 0. The van der Waals surface area contributed by atoms with Gasteiger partial charge in [0.05, 0.1) is 0 Å². The Labute approximate surface area is 116 Å². The third-order valence-electron chi connectivity index (χ3n) is 3.64. The molecule has 0 aliphatic heterocycles. The van der Waals surface area contributed by atoms with E-state index < -0.39 is 8.07 Å². The van der Waals surface area contributed by atoms with Gasteiger partial charge in [0.1, 0.15) is 0 Å². The van der Waals surface area contributed by atoms with E-state index in [0.29, 0.717) is 0 Å². The van der Waals surface area contributed by atoms with Gasteiger partial charge in [0.25, 0.3) is 0 Å². The molecule has 3 rings (SSSR count). The van der Waals surface area contributed by atoms with Crippen molar-refractivity contribution in [1.29, 1.82) is 0 Å². The van der Waals surface area contributed by atoms with Gasteiger partial charge in [-0.3, -0.25) is 0 Å². The first-order chi connectivity index (χ1) is 9.06. The summed E-state index contributed by atoms with van der Waals surface area (Å²) in [7, 11) is -1.04. The van der Waals surface area contributed by atoms with E-state index in [2.05, 4.69) is 74.2 Å². The minimum atomic E-state index is -1.04. The molecule has 0 fully saturated rings. The molecule has 0 unspecified atom stereocenters. The molecule has 0 atom stereocenters. The van der Waals surface area contributed by atoms with Gasteiger partial charge in [0.2, 0.25) is 0 Å². The van der Waals surface area contributed by atoms with Crippen molar-refractivity contribution in [3.05, 3.63) is 65.7 Å². The maximum Gasteiger partial charge on any atom is 0.0480 e. The van der Waals surface area contributed by atoms with Crippen molar-refractivity contribution in [2.75, 3.05) is 0 Å². The monoisotopic (exact) mass is 264 g/mol. The molecule has 1 heteroatoms. The van der Waals surface area contributed by atoms with Crippen LogP contribution in [0.3, 0.4) is 0 Å². The van der Waals surface area contributed by atoms with Crippen molar-refractivity contribution < 1.29 is 0 Å². The smallest absolute Gasteiger partial charge is 0.0480 e. The summed E-state index contributed by atoms with van der Waals surface area (Å²) in [6.45, 7) is 7.28. The minimum absolute atomic E-state index is 1.04. The second-order valence-corrected chi connectivity index (χ2v) is 12.0. The summed E-state index contributed by atoms with van der Waals surface area (Å²) in [5.41, 5.74) is 7.03. The number of benzene rings is 2. The summed E-state index contributed by atoms with van der Waals surface area (Å²) < 4.78 is 0. The molecule has 0 amide bonds. The van der Waals surface area contributed by atoms with Crippen molar-refractivity contribution in [2.45, 2.75) is 25.7 Å². The lowest BCUT2D eigenvalue weighted by atomic mass is 10.0. The second kappa shape index (κ2) is 4.50. The quantitative estimate of drug-likeness (QED) is 0.541. The molecule has 2 aromatic carbocycles. The van der Waals surface area contributed by atoms with Crippen molar-refractivity contribution in [2.24, 2.45) is 0 Å². The van der Waals surface area contributed by atoms with Crippen LogP contribution in [-0.2, 0) is 0 Å². The Balaban J connectivity index is 2.15. The zero-order valence-electron chi connectivity index (χ0n) is 11.9. The number of hydrogen-bond donors (Lipinski definition) is 0. The Hall–Kier alpha value is -1.60. The highest BCUT2D eigenvalue weighted by molar-refractivity contribution is 6.76. The van der Waals surface area contributed by atoms with E-state index in [9.17, 15) is 0 Å². The van der Waals surface area contributed by atoms with Gasteiger partial charge in [0, 0.05) is 8.07 Å². The standard InChI is InChI=1S/C18H20Si/c1-19(2,3)13-12-18-16-10-6-4-8-14(16)15-9-5-7-11-17(15)18/h4-12H,13H2,1-3H3. The molecule has 0 nitrogen and oxygen atoms in total. The predicted molar refractivity (Wildman–Crippen MR) is 87.1 cm³/mol. The van der Waals surface area contributed by atoms with E-state index in [1.165, 1.54) is 33.9 Å². The molecule has 1 aliphatic carbocycles. The molecule has 0 spiro atoms. The van der Waals surface area contributed by atoms with E-state index in [1.54, 1.807) is 0 Å². The van der Waals surface area contributed by atoms with E-state index in [0.717, 1.165) is 0 Å². The summed E-state index contributed by atoms with van der Waals surface area (Å²) in [5.74, 6) is 0. The van der Waals surface area contributed by atoms with Crippen molar-refractivity contribution in [3.8, 4) is 11.1 Å². The first-order valence-corrected chi connectivity index (χ1v) is 10.7. The van der Waals surface area contributed by atoms with Crippen LogP contribution in [0.15, 0.2) is 54.6 Å². The van der Waals surface area contributed by atoms with Gasteiger partial charge < -0.3 is 0 Å². The average molecular weight is 264 g/mol. The van der Waals surface area contributed by atoms with Gasteiger partial charge in [-0.2, -0.15) is 0 Å². The van der Waals surface area contributed by atoms with Gasteiger partial charge in [-0.1, -0.05) is 74.2 Å². The summed E-state index contributed by atoms with van der Waals surface area (Å²) in [4.78, 5) is 0. The largest absolute Gasteiger partial charge is 0.0787 e. The third kappa shape index (κ3) is 2.31. The highest BCUT2D eigenvalue weighted by Gasteiger charge is 2.22. The van der Waals surface area contributed by atoms with Crippen molar-refractivity contribution in [1.82, 2.24) is 0 Å². The molecule has 19 heavy (non-hydrogen) atoms. The van der Waals surface area contributed by atoms with E-state index in [4.69, 9.17) is 0 Å². The van der Waals surface area contributed by atoms with Crippen LogP contribution in [0.25, 0.3) is 16.7 Å². The lowest BCUT2D eigenvalue weighted by Gasteiger charge is -2.13. The van der Waals surface area contributed by atoms with Crippen LogP contribution in [0.2, 0.25) is 25.7 Å². The van der Waals surface area contributed by atoms with E-state index >= 15 is 0 Å². The predicted octanol–water partition coefficient (Wildman–Crippen LogP) is 5.44. The highest BCUT2D eigenvalue weighted by atomic mass is 28.3. The minimum Gasteiger partial charge on any atom is -0.0787 e. The zero-order valence-corrected chi connectivity index (χ0v) is 12.9. The Morgan fingerprint density at radius 3 is 1.58 bits per heavy atom. The molecule has 0 N–H and O–H groups in total. The first-order valence-electron chi connectivity index (χ1n) is 6.96. The Kier molecular flexibility index (Phi) is 2.94. The van der Waals surface area contributed by atoms with Gasteiger partial charge in [-0.05, 0) is 33.9 Å². The van der Waals surface area contributed by atoms with E-state index in [-0.39, 0.29) is 0 Å². The van der Waals surface area contributed by atoms with Gasteiger partial charge in [0.15, 0.2) is 0 Å². The molecular formula is C18H20Si. The fraction of sp³-hybridized carbons (Fsp3) is 0.222. The van der Waals surface area contributed by atoms with Crippen LogP contribution < -0.4 is 0 Å². The van der Waals surface area contributed by atoms with Crippen molar-refractivity contribution in [3.63, 3.8) is 0 Å². The molecule has 0 heterocycles. The number of rotatable bonds is 2. The molecule has 0 radical (unpaired) electrons. The molecule has 0 aromatic heterocycles. The highest BCUT2D eigenvalue weighted by Crippen LogP contribution is 2.44. The van der Waals surface area contributed by atoms with Gasteiger partial charge in [-0.15, -0.1) is 0 Å². The van der Waals surface area contributed by atoms with Gasteiger partial charge >= 0.3 is 0 Å². The zero-order chi connectivity index (χ0) is 13.5. The Morgan fingerprint density at radius 1 is 0.737 bits per heavy atom. The number of hydrogen-bond acceptors (Lipinski definition) is 0. The molecule has 96 valence electrons. The molecule has 0 saturated carbocycles. The normalized spacial score (nSPS) is 13.1. The molecule has 2 aromatic rings. The maximum atomic E-state index is 2.47. The summed E-state index contributed by atoms with van der Waals surface area (Å²) in [6.07, 6.45) is 2.47.